The molecule has 1 heterocycles. The molecular formula is C15H23ClN2O. The van der Waals surface area contributed by atoms with Crippen LogP contribution >= 0.6 is 11.6 Å². The van der Waals surface area contributed by atoms with Crippen molar-refractivity contribution >= 4 is 11.6 Å². The van der Waals surface area contributed by atoms with Gasteiger partial charge in [-0.15, -0.1) is 0 Å². The maximum Gasteiger partial charge on any atom is 0.232 e. The molecule has 19 heavy (non-hydrogen) atoms. The Morgan fingerprint density at radius 1 is 1.42 bits per heavy atom. The van der Waals surface area contributed by atoms with Gasteiger partial charge in [0, 0.05) is 12.7 Å². The van der Waals surface area contributed by atoms with E-state index in [0.29, 0.717) is 22.9 Å². The van der Waals surface area contributed by atoms with Crippen molar-refractivity contribution in [1.82, 2.24) is 10.3 Å². The molecule has 1 fully saturated rings. The van der Waals surface area contributed by atoms with Crippen molar-refractivity contribution in [2.75, 3.05) is 6.54 Å². The SMILES string of the molecule is CC(C)CNCc1cnc(OC2CCCC2)c(Cl)c1. The molecular weight excluding hydrogens is 260 g/mol. The largest absolute Gasteiger partial charge is 0.473 e. The minimum Gasteiger partial charge on any atom is -0.473 e. The number of nitrogens with one attached hydrogen (secondary N) is 1. The van der Waals surface area contributed by atoms with Crippen molar-refractivity contribution in [1.29, 1.82) is 0 Å². The van der Waals surface area contributed by atoms with Gasteiger partial charge in [-0.05, 0) is 49.8 Å². The zero-order valence-corrected chi connectivity index (χ0v) is 12.5. The maximum atomic E-state index is 6.23. The fourth-order valence-electron chi connectivity index (χ4n) is 2.32. The Balaban J connectivity index is 1.88. The summed E-state index contributed by atoms with van der Waals surface area (Å²) in [5, 5.41) is 4.00. The number of halogens is 1. The predicted molar refractivity (Wildman–Crippen MR) is 78.7 cm³/mol. The molecule has 0 unspecified atom stereocenters. The Bertz CT molecular complexity index is 403. The fraction of sp³-hybridized carbons (Fsp3) is 0.667. The molecule has 2 rings (SSSR count). The van der Waals surface area contributed by atoms with Crippen LogP contribution in [-0.2, 0) is 6.54 Å². The average Bonchev–Trinajstić information content (AvgIpc) is 2.85. The molecule has 0 radical (unpaired) electrons. The predicted octanol–water partition coefficient (Wildman–Crippen LogP) is 3.80. The second kappa shape index (κ2) is 7.11. The van der Waals surface area contributed by atoms with Gasteiger partial charge in [0.2, 0.25) is 5.88 Å². The van der Waals surface area contributed by atoms with Crippen molar-refractivity contribution in [3.05, 3.63) is 22.8 Å². The topological polar surface area (TPSA) is 34.2 Å². The van der Waals surface area contributed by atoms with E-state index in [1.54, 1.807) is 0 Å². The summed E-state index contributed by atoms with van der Waals surface area (Å²) in [6, 6.07) is 1.95. The van der Waals surface area contributed by atoms with Crippen molar-refractivity contribution in [3.8, 4) is 5.88 Å². The van der Waals surface area contributed by atoms with E-state index in [1.807, 2.05) is 12.3 Å². The summed E-state index contributed by atoms with van der Waals surface area (Å²) in [5.74, 6) is 1.23. The number of hydrogen-bond acceptors (Lipinski definition) is 3. The van der Waals surface area contributed by atoms with Gasteiger partial charge in [-0.2, -0.15) is 0 Å². The molecule has 0 atom stereocenters. The summed E-state index contributed by atoms with van der Waals surface area (Å²) < 4.78 is 5.84. The van der Waals surface area contributed by atoms with Crippen LogP contribution in [0.1, 0.15) is 45.1 Å². The van der Waals surface area contributed by atoms with Gasteiger partial charge in [-0.3, -0.25) is 0 Å². The molecule has 0 amide bonds. The smallest absolute Gasteiger partial charge is 0.232 e. The minimum atomic E-state index is 0.301. The Morgan fingerprint density at radius 2 is 2.16 bits per heavy atom. The first-order valence-electron chi connectivity index (χ1n) is 7.17. The van der Waals surface area contributed by atoms with Crippen LogP contribution in [0.25, 0.3) is 0 Å². The lowest BCUT2D eigenvalue weighted by Gasteiger charge is -2.14. The van der Waals surface area contributed by atoms with E-state index in [2.05, 4.69) is 24.1 Å². The van der Waals surface area contributed by atoms with Gasteiger partial charge < -0.3 is 10.1 Å². The van der Waals surface area contributed by atoms with E-state index in [1.165, 1.54) is 12.8 Å². The highest BCUT2D eigenvalue weighted by atomic mass is 35.5. The fourth-order valence-corrected chi connectivity index (χ4v) is 2.55. The molecule has 1 aliphatic rings. The van der Waals surface area contributed by atoms with Crippen LogP contribution in [0.15, 0.2) is 12.3 Å². The van der Waals surface area contributed by atoms with Crippen molar-refractivity contribution in [3.63, 3.8) is 0 Å². The molecule has 1 aromatic heterocycles. The molecule has 0 spiro atoms. The van der Waals surface area contributed by atoms with E-state index in [4.69, 9.17) is 16.3 Å². The number of rotatable bonds is 6. The Hall–Kier alpha value is -0.800. The second-order valence-corrected chi connectivity index (χ2v) is 6.09. The summed E-state index contributed by atoms with van der Waals surface area (Å²) in [7, 11) is 0. The molecule has 106 valence electrons. The third kappa shape index (κ3) is 4.66. The summed E-state index contributed by atoms with van der Waals surface area (Å²) in [6.45, 7) is 6.18. The highest BCUT2D eigenvalue weighted by Crippen LogP contribution is 2.28. The molecule has 1 N–H and O–H groups in total. The van der Waals surface area contributed by atoms with Crippen LogP contribution in [0.3, 0.4) is 0 Å². The number of aromatic nitrogens is 1. The van der Waals surface area contributed by atoms with Crippen LogP contribution in [0.2, 0.25) is 5.02 Å². The van der Waals surface area contributed by atoms with Crippen LogP contribution in [-0.4, -0.2) is 17.6 Å². The number of ether oxygens (including phenoxy) is 1. The number of hydrogen-bond donors (Lipinski definition) is 1. The van der Waals surface area contributed by atoms with Crippen LogP contribution in [0.4, 0.5) is 0 Å². The molecule has 4 heteroatoms. The van der Waals surface area contributed by atoms with E-state index in [0.717, 1.165) is 31.5 Å². The monoisotopic (exact) mass is 282 g/mol. The summed E-state index contributed by atoms with van der Waals surface area (Å²) in [4.78, 5) is 4.35. The quantitative estimate of drug-likeness (QED) is 0.862. The zero-order valence-electron chi connectivity index (χ0n) is 11.8. The van der Waals surface area contributed by atoms with Gasteiger partial charge in [0.15, 0.2) is 0 Å². The standard InChI is InChI=1S/C15H23ClN2O/c1-11(2)8-17-9-12-7-14(16)15(18-10-12)19-13-5-3-4-6-13/h7,10-11,13,17H,3-6,8-9H2,1-2H3. The second-order valence-electron chi connectivity index (χ2n) is 5.68. The van der Waals surface area contributed by atoms with Crippen LogP contribution in [0.5, 0.6) is 5.88 Å². The first-order chi connectivity index (χ1) is 9.15. The van der Waals surface area contributed by atoms with Gasteiger partial charge >= 0.3 is 0 Å². The third-order valence-corrected chi connectivity index (χ3v) is 3.60. The highest BCUT2D eigenvalue weighted by Gasteiger charge is 2.18. The number of nitrogens with zero attached hydrogens (tertiary/aromatic N) is 1. The maximum absolute atomic E-state index is 6.23. The van der Waals surface area contributed by atoms with Crippen LogP contribution in [0, 0.1) is 5.92 Å². The van der Waals surface area contributed by atoms with Crippen LogP contribution < -0.4 is 10.1 Å². The number of pyridine rings is 1. The highest BCUT2D eigenvalue weighted by molar-refractivity contribution is 6.31. The first kappa shape index (κ1) is 14.6. The lowest BCUT2D eigenvalue weighted by molar-refractivity contribution is 0.201. The van der Waals surface area contributed by atoms with Gasteiger partial charge in [0.25, 0.3) is 0 Å². The van der Waals surface area contributed by atoms with Gasteiger partial charge in [-0.1, -0.05) is 25.4 Å². The molecule has 1 aromatic rings. The lowest BCUT2D eigenvalue weighted by Crippen LogP contribution is -2.19. The average molecular weight is 283 g/mol. The summed E-state index contributed by atoms with van der Waals surface area (Å²) >= 11 is 6.23. The van der Waals surface area contributed by atoms with Gasteiger partial charge in [-0.25, -0.2) is 4.98 Å². The molecule has 0 bridgehead atoms. The van der Waals surface area contributed by atoms with E-state index >= 15 is 0 Å². The molecule has 0 aromatic carbocycles. The molecule has 1 aliphatic carbocycles. The third-order valence-electron chi connectivity index (χ3n) is 3.33. The molecule has 0 aliphatic heterocycles. The Kier molecular flexibility index (Phi) is 5.46. The Labute approximate surface area is 120 Å². The van der Waals surface area contributed by atoms with E-state index in [-0.39, 0.29) is 0 Å². The minimum absolute atomic E-state index is 0.301. The molecule has 3 nitrogen and oxygen atoms in total. The van der Waals surface area contributed by atoms with Crippen molar-refractivity contribution in [2.45, 2.75) is 52.2 Å². The van der Waals surface area contributed by atoms with E-state index in [9.17, 15) is 0 Å². The Morgan fingerprint density at radius 3 is 2.79 bits per heavy atom. The summed E-state index contributed by atoms with van der Waals surface area (Å²) in [6.07, 6.45) is 6.89. The first-order valence-corrected chi connectivity index (χ1v) is 7.54. The van der Waals surface area contributed by atoms with E-state index < -0.39 is 0 Å². The van der Waals surface area contributed by atoms with Gasteiger partial charge in [0.05, 0.1) is 0 Å². The summed E-state index contributed by atoms with van der Waals surface area (Å²) in [5.41, 5.74) is 1.10. The molecule has 0 saturated heterocycles. The lowest BCUT2D eigenvalue weighted by atomic mass is 10.2. The van der Waals surface area contributed by atoms with Crippen molar-refractivity contribution < 1.29 is 4.74 Å². The van der Waals surface area contributed by atoms with Gasteiger partial charge in [0.1, 0.15) is 11.1 Å². The normalized spacial score (nSPS) is 16.2. The van der Waals surface area contributed by atoms with Crippen molar-refractivity contribution in [2.24, 2.45) is 5.92 Å². The zero-order chi connectivity index (χ0) is 13.7. The molecule has 1 saturated carbocycles.